The zero-order chi connectivity index (χ0) is 15.6. The predicted molar refractivity (Wildman–Crippen MR) is 90.9 cm³/mol. The summed E-state index contributed by atoms with van der Waals surface area (Å²) in [6, 6.07) is 0.610. The minimum absolute atomic E-state index is 0.0332. The lowest BCUT2D eigenvalue weighted by atomic mass is 9.67. The van der Waals surface area contributed by atoms with Crippen LogP contribution in [-0.4, -0.2) is 34.3 Å². The van der Waals surface area contributed by atoms with E-state index in [1.54, 1.807) is 10.3 Å². The van der Waals surface area contributed by atoms with Gasteiger partial charge in [0, 0.05) is 25.3 Å². The molecule has 22 heavy (non-hydrogen) atoms. The Kier molecular flexibility index (Phi) is 5.01. The summed E-state index contributed by atoms with van der Waals surface area (Å²) >= 11 is 0. The average molecular weight is 303 g/mol. The molecule has 1 aliphatic heterocycles. The zero-order valence-corrected chi connectivity index (χ0v) is 14.6. The fourth-order valence-corrected chi connectivity index (χ4v) is 5.01. The van der Waals surface area contributed by atoms with Crippen molar-refractivity contribution in [3.63, 3.8) is 0 Å². The first-order chi connectivity index (χ1) is 10.7. The van der Waals surface area contributed by atoms with Crippen molar-refractivity contribution >= 4 is 0 Å². The number of hydrogen-bond acceptors (Lipinski definition) is 1. The summed E-state index contributed by atoms with van der Waals surface area (Å²) in [4.78, 5) is 2.76. The third-order valence-electron chi connectivity index (χ3n) is 6.17. The fraction of sp³-hybridized carbons (Fsp3) is 0.895. The summed E-state index contributed by atoms with van der Waals surface area (Å²) in [5.41, 5.74) is 13.5. The molecule has 3 aliphatic rings. The van der Waals surface area contributed by atoms with E-state index < -0.39 is 0 Å². The van der Waals surface area contributed by atoms with Crippen molar-refractivity contribution in [3.05, 3.63) is 16.8 Å². The van der Waals surface area contributed by atoms with E-state index in [1.165, 1.54) is 83.0 Å². The van der Waals surface area contributed by atoms with E-state index in [0.717, 1.165) is 6.42 Å². The molecule has 3 nitrogen and oxygen atoms in total. The van der Waals surface area contributed by atoms with Crippen molar-refractivity contribution in [3.8, 4) is 0 Å². The molecule has 0 amide bonds. The van der Waals surface area contributed by atoms with Gasteiger partial charge in [-0.05, 0) is 45.2 Å². The van der Waals surface area contributed by atoms with Gasteiger partial charge in [-0.1, -0.05) is 33.1 Å². The van der Waals surface area contributed by atoms with Crippen LogP contribution in [0.1, 0.15) is 84.5 Å². The fourth-order valence-electron chi connectivity index (χ4n) is 5.01. The van der Waals surface area contributed by atoms with Gasteiger partial charge in [-0.15, -0.1) is 0 Å². The lowest BCUT2D eigenvalue weighted by Gasteiger charge is -2.51. The van der Waals surface area contributed by atoms with Gasteiger partial charge in [-0.2, -0.15) is 0 Å². The van der Waals surface area contributed by atoms with Gasteiger partial charge in [0.15, 0.2) is 11.2 Å². The molecule has 2 bridgehead atoms. The van der Waals surface area contributed by atoms with Crippen LogP contribution in [0, 0.1) is 0 Å². The lowest BCUT2D eigenvalue weighted by Crippen LogP contribution is -2.59. The van der Waals surface area contributed by atoms with Crippen molar-refractivity contribution in [2.75, 3.05) is 13.1 Å². The highest BCUT2D eigenvalue weighted by molar-refractivity contribution is 5.36. The minimum Gasteiger partial charge on any atom is -0.500 e. The first-order valence-electron chi connectivity index (χ1n) is 9.71. The third-order valence-corrected chi connectivity index (χ3v) is 6.17. The quantitative estimate of drug-likeness (QED) is 0.605. The molecule has 0 aromatic heterocycles. The van der Waals surface area contributed by atoms with Crippen molar-refractivity contribution in [1.29, 1.82) is 0 Å². The summed E-state index contributed by atoms with van der Waals surface area (Å²) in [5, 5.41) is 0. The van der Waals surface area contributed by atoms with E-state index in [0.29, 0.717) is 6.04 Å². The summed E-state index contributed by atoms with van der Waals surface area (Å²) in [6.07, 6.45) is 13.8. The van der Waals surface area contributed by atoms with Crippen LogP contribution in [0.5, 0.6) is 0 Å². The maximum absolute atomic E-state index is 10.5. The van der Waals surface area contributed by atoms with E-state index in [2.05, 4.69) is 18.7 Å². The minimum atomic E-state index is 0.0332. The van der Waals surface area contributed by atoms with E-state index in [9.17, 15) is 5.53 Å². The molecule has 3 heteroatoms. The van der Waals surface area contributed by atoms with Crippen LogP contribution in [0.15, 0.2) is 11.3 Å². The number of piperidine rings is 1. The van der Waals surface area contributed by atoms with Crippen molar-refractivity contribution in [2.24, 2.45) is 0 Å². The van der Waals surface area contributed by atoms with Crippen LogP contribution >= 0.6 is 0 Å². The van der Waals surface area contributed by atoms with Crippen LogP contribution in [0.4, 0.5) is 0 Å². The monoisotopic (exact) mass is 303 g/mol. The van der Waals surface area contributed by atoms with Crippen LogP contribution in [0.2, 0.25) is 0 Å². The van der Waals surface area contributed by atoms with Crippen LogP contribution in [-0.2, 0) is 0 Å². The van der Waals surface area contributed by atoms with Gasteiger partial charge in [0.1, 0.15) is 0 Å². The number of unbranched alkanes of at least 4 members (excludes halogenated alkanes) is 2. The largest absolute Gasteiger partial charge is 0.500 e. The van der Waals surface area contributed by atoms with Gasteiger partial charge < -0.3 is 5.53 Å². The van der Waals surface area contributed by atoms with Crippen molar-refractivity contribution < 1.29 is 4.70 Å². The second-order valence-corrected chi connectivity index (χ2v) is 7.56. The Bertz CT molecular complexity index is 446. The molecule has 2 aliphatic carbocycles. The maximum Gasteiger partial charge on any atom is 0.185 e. The number of hydrogen-bond donors (Lipinski definition) is 0. The molecule has 0 saturated heterocycles. The highest BCUT2D eigenvalue weighted by atomic mass is 15.3. The van der Waals surface area contributed by atoms with Gasteiger partial charge in [0.25, 0.3) is 0 Å². The average Bonchev–Trinajstić information content (AvgIpc) is 2.73. The molecule has 0 aromatic rings. The lowest BCUT2D eigenvalue weighted by molar-refractivity contribution is -0.620. The second-order valence-electron chi connectivity index (χ2n) is 7.56. The molecule has 2 atom stereocenters. The standard InChI is InChI=1S/C19H33N3/c1-3-5-14-21(15-6-4-2)16-10-7-8-12-19-13-9-11-17(18(16)19)22(19)20/h16H,3-15H2,1-2H3. The molecule has 0 aromatic carbocycles. The van der Waals surface area contributed by atoms with E-state index >= 15 is 0 Å². The molecule has 1 saturated carbocycles. The van der Waals surface area contributed by atoms with E-state index in [1.807, 2.05) is 0 Å². The van der Waals surface area contributed by atoms with E-state index in [4.69, 9.17) is 0 Å². The van der Waals surface area contributed by atoms with Crippen LogP contribution in [0.3, 0.4) is 0 Å². The normalized spacial score (nSPS) is 31.0. The number of allylic oxidation sites excluding steroid dienone is 1. The molecule has 0 N–H and O–H groups in total. The predicted octanol–water partition coefficient (Wildman–Crippen LogP) is 5.06. The molecule has 1 fully saturated rings. The zero-order valence-electron chi connectivity index (χ0n) is 14.6. The van der Waals surface area contributed by atoms with Crippen LogP contribution < -0.4 is 0 Å². The topological polar surface area (TPSA) is 28.6 Å². The smallest absolute Gasteiger partial charge is 0.185 e. The van der Waals surface area contributed by atoms with Gasteiger partial charge in [0.2, 0.25) is 0 Å². The molecule has 1 heterocycles. The van der Waals surface area contributed by atoms with E-state index in [-0.39, 0.29) is 5.54 Å². The summed E-state index contributed by atoms with van der Waals surface area (Å²) in [5.74, 6) is 0. The Labute approximate surface area is 136 Å². The number of rotatable bonds is 7. The summed E-state index contributed by atoms with van der Waals surface area (Å²) in [6.45, 7) is 7.06. The van der Waals surface area contributed by atoms with Gasteiger partial charge in [0.05, 0.1) is 5.57 Å². The molecule has 0 radical (unpaired) electrons. The Balaban J connectivity index is 1.86. The van der Waals surface area contributed by atoms with Gasteiger partial charge in [-0.3, -0.25) is 9.60 Å². The first kappa shape index (κ1) is 16.2. The van der Waals surface area contributed by atoms with Crippen molar-refractivity contribution in [2.45, 2.75) is 96.1 Å². The molecular formula is C19H33N3. The Morgan fingerprint density at radius 3 is 2.41 bits per heavy atom. The first-order valence-corrected chi connectivity index (χ1v) is 9.71. The molecule has 0 spiro atoms. The second kappa shape index (κ2) is 6.82. The highest BCUT2D eigenvalue weighted by Crippen LogP contribution is 2.54. The van der Waals surface area contributed by atoms with Gasteiger partial charge in [-0.25, -0.2) is 0 Å². The Morgan fingerprint density at radius 1 is 1.09 bits per heavy atom. The SMILES string of the molecule is CCCCN(CCCC)C1CCCCC23CCCC(=C12)[N+]3=[N-]. The number of nitrogens with zero attached hydrogens (tertiary/aromatic N) is 3. The highest BCUT2D eigenvalue weighted by Gasteiger charge is 2.60. The van der Waals surface area contributed by atoms with Gasteiger partial charge >= 0.3 is 0 Å². The Morgan fingerprint density at radius 2 is 1.77 bits per heavy atom. The third kappa shape index (κ3) is 2.55. The van der Waals surface area contributed by atoms with Crippen LogP contribution in [0.25, 0.3) is 5.53 Å². The molecule has 2 unspecified atom stereocenters. The Hall–Kier alpha value is -0.700. The maximum atomic E-state index is 10.5. The molecule has 124 valence electrons. The molecule has 3 rings (SSSR count). The summed E-state index contributed by atoms with van der Waals surface area (Å²) in [7, 11) is 0. The summed E-state index contributed by atoms with van der Waals surface area (Å²) < 4.78 is 1.68. The molecular weight excluding hydrogens is 270 g/mol. The van der Waals surface area contributed by atoms with Crippen molar-refractivity contribution in [1.82, 2.24) is 4.90 Å².